The van der Waals surface area contributed by atoms with Gasteiger partial charge in [-0.3, -0.25) is 4.90 Å². The maximum Gasteiger partial charge on any atom is 0.414 e. The van der Waals surface area contributed by atoms with Crippen molar-refractivity contribution in [3.8, 4) is 11.5 Å². The number of carbonyl (C=O) groups excluding carboxylic acids is 2. The molecule has 3 aliphatic carbocycles. The van der Waals surface area contributed by atoms with Crippen molar-refractivity contribution in [1.82, 2.24) is 0 Å². The van der Waals surface area contributed by atoms with Crippen molar-refractivity contribution in [3.05, 3.63) is 22.9 Å². The van der Waals surface area contributed by atoms with Crippen LogP contribution >= 0.6 is 0 Å². The Morgan fingerprint density at radius 3 is 2.74 bits per heavy atom. The number of anilines is 1. The molecule has 1 aromatic rings. The predicted octanol–water partition coefficient (Wildman–Crippen LogP) is 1.95. The molecule has 34 heavy (non-hydrogen) atoms. The Kier molecular flexibility index (Phi) is 3.65. The molecule has 2 bridgehead atoms. The summed E-state index contributed by atoms with van der Waals surface area (Å²) >= 11 is 0. The molecule has 5 fully saturated rings. The Hall–Kier alpha value is -2.56. The van der Waals surface area contributed by atoms with Crippen LogP contribution < -0.4 is 14.4 Å². The van der Waals surface area contributed by atoms with E-state index in [4.69, 9.17) is 18.9 Å². The fraction of sp³-hybridized carbons (Fsp3) is 0.667. The molecule has 8 rings (SSSR count). The molecule has 3 saturated carbocycles. The van der Waals surface area contributed by atoms with E-state index in [0.29, 0.717) is 49.5 Å². The second-order valence-corrected chi connectivity index (χ2v) is 10.9. The van der Waals surface area contributed by atoms with Gasteiger partial charge in [-0.2, -0.15) is 0 Å². The van der Waals surface area contributed by atoms with E-state index in [2.05, 4.69) is 0 Å². The highest BCUT2D eigenvalue weighted by atomic mass is 16.7. The summed E-state index contributed by atoms with van der Waals surface area (Å²) < 4.78 is 21.6. The van der Waals surface area contributed by atoms with E-state index >= 15 is 0 Å². The smallest absolute Gasteiger partial charge is 0.414 e. The fourth-order valence-corrected chi connectivity index (χ4v) is 9.46. The summed E-state index contributed by atoms with van der Waals surface area (Å²) in [7, 11) is 2.53. The van der Waals surface area contributed by atoms with Crippen LogP contribution in [0.1, 0.15) is 44.1 Å². The molecule has 4 aliphatic heterocycles. The van der Waals surface area contributed by atoms with Gasteiger partial charge < -0.3 is 33.9 Å². The zero-order valence-corrected chi connectivity index (χ0v) is 19.3. The SMILES string of the molecule is COC(=O)N1c2c(ccc3c2OCO3)C23CC[N+]4([O-])CCCC5(CCC12C(O)(C(=O)OC)C5)C34. The molecule has 3 spiro atoms. The van der Waals surface area contributed by atoms with E-state index in [-0.39, 0.29) is 23.9 Å². The van der Waals surface area contributed by atoms with E-state index < -0.39 is 34.0 Å². The van der Waals surface area contributed by atoms with Crippen LogP contribution in [0.2, 0.25) is 0 Å². The summed E-state index contributed by atoms with van der Waals surface area (Å²) in [6.45, 7) is 0.865. The Balaban J connectivity index is 1.63. The van der Waals surface area contributed by atoms with Crippen LogP contribution in [0.15, 0.2) is 12.1 Å². The normalized spacial score (nSPS) is 44.4. The topological polar surface area (TPSA) is 118 Å². The number of piperidine rings is 1. The number of nitrogens with zero attached hydrogens (tertiary/aromatic N) is 2. The van der Waals surface area contributed by atoms with Gasteiger partial charge in [-0.1, -0.05) is 6.07 Å². The van der Waals surface area contributed by atoms with Crippen LogP contribution in [0.3, 0.4) is 0 Å². The highest BCUT2D eigenvalue weighted by Crippen LogP contribution is 2.79. The van der Waals surface area contributed by atoms with Crippen molar-refractivity contribution >= 4 is 17.7 Å². The molecule has 1 N–H and O–H groups in total. The van der Waals surface area contributed by atoms with Crippen LogP contribution in [0, 0.1) is 10.6 Å². The summed E-state index contributed by atoms with van der Waals surface area (Å²) in [4.78, 5) is 28.5. The number of aliphatic hydroxyl groups is 1. The number of hydroxylamine groups is 3. The molecule has 0 radical (unpaired) electrons. The van der Waals surface area contributed by atoms with Crippen molar-refractivity contribution in [2.24, 2.45) is 5.41 Å². The summed E-state index contributed by atoms with van der Waals surface area (Å²) in [5, 5.41) is 26.9. The Morgan fingerprint density at radius 2 is 1.97 bits per heavy atom. The highest BCUT2D eigenvalue weighted by molar-refractivity contribution is 6.01. The Bertz CT molecular complexity index is 1160. The van der Waals surface area contributed by atoms with E-state index in [1.165, 1.54) is 19.1 Å². The minimum Gasteiger partial charge on any atom is -0.633 e. The van der Waals surface area contributed by atoms with Crippen molar-refractivity contribution in [2.45, 2.75) is 61.1 Å². The highest BCUT2D eigenvalue weighted by Gasteiger charge is 2.89. The number of hydrogen-bond donors (Lipinski definition) is 1. The largest absolute Gasteiger partial charge is 0.633 e. The molecule has 6 atom stereocenters. The number of quaternary nitrogens is 1. The van der Waals surface area contributed by atoms with Crippen LogP contribution in [-0.4, -0.2) is 73.1 Å². The van der Waals surface area contributed by atoms with Gasteiger partial charge in [0.15, 0.2) is 17.1 Å². The van der Waals surface area contributed by atoms with Gasteiger partial charge in [0.05, 0.1) is 38.4 Å². The number of esters is 1. The monoisotopic (exact) mass is 472 g/mol. The quantitative estimate of drug-likeness (QED) is 0.374. The Labute approximate surface area is 196 Å². The summed E-state index contributed by atoms with van der Waals surface area (Å²) in [6, 6.07) is 3.31. The molecule has 6 unspecified atom stereocenters. The van der Waals surface area contributed by atoms with Crippen molar-refractivity contribution in [3.63, 3.8) is 0 Å². The lowest BCUT2D eigenvalue weighted by Crippen LogP contribution is -2.87. The average Bonchev–Trinajstić information content (AvgIpc) is 3.50. The first-order valence-electron chi connectivity index (χ1n) is 11.9. The standard InChI is InChI=1S/C24H28N2O8/c1-31-19(27)23(29)12-21-6-3-10-26(30)11-9-22(18(21)26)14-4-5-15-17(34-13-33-15)16(14)25(20(28)32-2)24(22,23)8-7-21/h4-5,18,29H,3,6-13H2,1-2H3. The lowest BCUT2D eigenvalue weighted by Gasteiger charge is -2.72. The zero-order valence-electron chi connectivity index (χ0n) is 19.3. The number of fused-ring (bicyclic) bond motifs is 5. The average molecular weight is 472 g/mol. The number of carbonyl (C=O) groups is 2. The number of rotatable bonds is 1. The molecule has 182 valence electrons. The third-order valence-electron chi connectivity index (χ3n) is 10.1. The lowest BCUT2D eigenvalue weighted by atomic mass is 9.37. The first-order valence-corrected chi connectivity index (χ1v) is 11.9. The van der Waals surface area contributed by atoms with Crippen molar-refractivity contribution < 1.29 is 38.3 Å². The van der Waals surface area contributed by atoms with Gasteiger partial charge in [0.2, 0.25) is 6.79 Å². The van der Waals surface area contributed by atoms with Gasteiger partial charge in [-0.25, -0.2) is 9.59 Å². The van der Waals surface area contributed by atoms with E-state index in [9.17, 15) is 19.9 Å². The molecule has 0 aromatic heterocycles. The molecule has 1 aromatic carbocycles. The van der Waals surface area contributed by atoms with Gasteiger partial charge >= 0.3 is 12.1 Å². The molecule has 1 amide bonds. The molecule has 4 heterocycles. The first-order chi connectivity index (χ1) is 16.2. The first kappa shape index (κ1) is 20.8. The molecule has 7 aliphatic rings. The van der Waals surface area contributed by atoms with E-state index in [1.54, 1.807) is 6.07 Å². The second-order valence-electron chi connectivity index (χ2n) is 10.9. The third kappa shape index (κ3) is 1.82. The minimum atomic E-state index is -2.01. The molecule has 10 nitrogen and oxygen atoms in total. The van der Waals surface area contributed by atoms with Gasteiger partial charge in [-0.15, -0.1) is 0 Å². The summed E-state index contributed by atoms with van der Waals surface area (Å²) in [6.07, 6.45) is 2.33. The van der Waals surface area contributed by atoms with Gasteiger partial charge in [0, 0.05) is 18.3 Å². The maximum atomic E-state index is 14.4. The summed E-state index contributed by atoms with van der Waals surface area (Å²) in [5.41, 5.74) is -3.71. The van der Waals surface area contributed by atoms with Crippen LogP contribution in [0.4, 0.5) is 10.5 Å². The Morgan fingerprint density at radius 1 is 1.15 bits per heavy atom. The minimum absolute atomic E-state index is 0.00299. The molecule has 10 heteroatoms. The van der Waals surface area contributed by atoms with Gasteiger partial charge in [0.1, 0.15) is 11.6 Å². The maximum absolute atomic E-state index is 14.4. The molecular weight excluding hydrogens is 444 g/mol. The number of methoxy groups -OCH3 is 2. The zero-order chi connectivity index (χ0) is 23.7. The predicted molar refractivity (Wildman–Crippen MR) is 116 cm³/mol. The second kappa shape index (κ2) is 5.98. The van der Waals surface area contributed by atoms with E-state index in [1.807, 2.05) is 6.07 Å². The lowest BCUT2D eigenvalue weighted by molar-refractivity contribution is -0.912. The number of hydrogen-bond acceptors (Lipinski definition) is 8. The van der Waals surface area contributed by atoms with Crippen LogP contribution in [0.5, 0.6) is 11.5 Å². The van der Waals surface area contributed by atoms with Crippen LogP contribution in [0.25, 0.3) is 0 Å². The third-order valence-corrected chi connectivity index (χ3v) is 10.1. The van der Waals surface area contributed by atoms with Crippen LogP contribution in [-0.2, 0) is 19.7 Å². The summed E-state index contributed by atoms with van der Waals surface area (Å²) in [5.74, 6) is 0.0911. The number of amides is 1. The fourth-order valence-electron chi connectivity index (χ4n) is 9.46. The van der Waals surface area contributed by atoms with Crippen molar-refractivity contribution in [2.75, 3.05) is 39.0 Å². The van der Waals surface area contributed by atoms with Gasteiger partial charge in [-0.05, 0) is 37.3 Å². The number of benzene rings is 1. The van der Waals surface area contributed by atoms with E-state index in [0.717, 1.165) is 18.4 Å². The van der Waals surface area contributed by atoms with Gasteiger partial charge in [0.25, 0.3) is 0 Å². The van der Waals surface area contributed by atoms with Crippen molar-refractivity contribution in [1.29, 1.82) is 0 Å². The number of ether oxygens (including phenoxy) is 4. The molecule has 2 saturated heterocycles. The molecular formula is C24H28N2O8.